The molecule has 0 aliphatic rings. The molecular formula is C12H17BrO8. The molecule has 0 unspecified atom stereocenters. The first-order valence-electron chi connectivity index (χ1n) is 5.77. The maximum atomic E-state index is 12.2. The highest BCUT2D eigenvalue weighted by Gasteiger charge is 2.71. The molecule has 0 aromatic heterocycles. The summed E-state index contributed by atoms with van der Waals surface area (Å²) in [5.41, 5.74) is -2.29. The highest BCUT2D eigenvalue weighted by atomic mass is 79.9. The van der Waals surface area contributed by atoms with Gasteiger partial charge in [0, 0.05) is 0 Å². The van der Waals surface area contributed by atoms with Crippen LogP contribution in [0.4, 0.5) is 0 Å². The van der Waals surface area contributed by atoms with Crippen molar-refractivity contribution >= 4 is 39.8 Å². The third kappa shape index (κ3) is 2.74. The standard InChI is InChI=1S/C12H17BrO8/c1-6-11(7(14)18-2,8(15)19-3)12(13,9(16)20-4)10(17)21-5/h6H2,1-5H3. The second-order valence-corrected chi connectivity index (χ2v) is 5.07. The number of esters is 4. The number of hydrogen-bond acceptors (Lipinski definition) is 8. The normalized spacial score (nSPS) is 11.3. The van der Waals surface area contributed by atoms with Gasteiger partial charge in [-0.2, -0.15) is 0 Å². The number of carbonyl (C=O) groups excluding carboxylic acids is 4. The Bertz CT molecular complexity index is 413. The van der Waals surface area contributed by atoms with Crippen LogP contribution in [0.5, 0.6) is 0 Å². The van der Waals surface area contributed by atoms with Crippen molar-refractivity contribution in [1.82, 2.24) is 0 Å². The zero-order valence-corrected chi connectivity index (χ0v) is 13.9. The molecule has 21 heavy (non-hydrogen) atoms. The Hall–Kier alpha value is -1.64. The van der Waals surface area contributed by atoms with Gasteiger partial charge in [0.15, 0.2) is 0 Å². The second-order valence-electron chi connectivity index (χ2n) is 3.88. The lowest BCUT2D eigenvalue weighted by Gasteiger charge is -2.37. The zero-order valence-electron chi connectivity index (χ0n) is 12.4. The van der Waals surface area contributed by atoms with Gasteiger partial charge >= 0.3 is 23.9 Å². The van der Waals surface area contributed by atoms with Crippen molar-refractivity contribution in [3.63, 3.8) is 0 Å². The van der Waals surface area contributed by atoms with Crippen molar-refractivity contribution < 1.29 is 38.1 Å². The molecule has 0 radical (unpaired) electrons. The summed E-state index contributed by atoms with van der Waals surface area (Å²) < 4.78 is 15.8. The monoisotopic (exact) mass is 368 g/mol. The van der Waals surface area contributed by atoms with Crippen LogP contribution in [-0.2, 0) is 38.1 Å². The Morgan fingerprint density at radius 2 is 1.05 bits per heavy atom. The van der Waals surface area contributed by atoms with E-state index < -0.39 is 33.6 Å². The number of halogens is 1. The summed E-state index contributed by atoms with van der Waals surface area (Å²) in [6.45, 7) is 1.41. The van der Waals surface area contributed by atoms with Crippen molar-refractivity contribution in [3.8, 4) is 0 Å². The summed E-state index contributed by atoms with van der Waals surface area (Å²) in [6.07, 6.45) is -0.276. The van der Waals surface area contributed by atoms with Gasteiger partial charge in [-0.3, -0.25) is 9.59 Å². The molecule has 0 aromatic rings. The molecule has 0 aliphatic heterocycles. The molecule has 0 fully saturated rings. The molecule has 0 N–H and O–H groups in total. The predicted molar refractivity (Wildman–Crippen MR) is 72.4 cm³/mol. The number of carbonyl (C=O) groups is 4. The van der Waals surface area contributed by atoms with Crippen LogP contribution >= 0.6 is 15.9 Å². The molecular weight excluding hydrogens is 352 g/mol. The second kappa shape index (κ2) is 7.39. The fourth-order valence-electron chi connectivity index (χ4n) is 1.96. The lowest BCUT2D eigenvalue weighted by Crippen LogP contribution is -2.63. The summed E-state index contributed by atoms with van der Waals surface area (Å²) in [6, 6.07) is 0. The van der Waals surface area contributed by atoms with E-state index in [0.29, 0.717) is 0 Å². The first kappa shape index (κ1) is 19.4. The average molecular weight is 369 g/mol. The first-order chi connectivity index (χ1) is 9.74. The van der Waals surface area contributed by atoms with E-state index in [1.165, 1.54) is 6.92 Å². The molecule has 0 aliphatic carbocycles. The van der Waals surface area contributed by atoms with E-state index in [9.17, 15) is 19.2 Å². The van der Waals surface area contributed by atoms with Crippen molar-refractivity contribution in [3.05, 3.63) is 0 Å². The molecule has 0 amide bonds. The Kier molecular flexibility index (Phi) is 6.81. The highest BCUT2D eigenvalue weighted by Crippen LogP contribution is 2.46. The molecule has 0 spiro atoms. The smallest absolute Gasteiger partial charge is 0.336 e. The molecule has 0 atom stereocenters. The minimum atomic E-state index is -2.43. The van der Waals surface area contributed by atoms with Crippen LogP contribution in [0.25, 0.3) is 0 Å². The molecule has 0 saturated heterocycles. The third-order valence-electron chi connectivity index (χ3n) is 3.12. The molecule has 0 saturated carbocycles. The van der Waals surface area contributed by atoms with Gasteiger partial charge < -0.3 is 18.9 Å². The predicted octanol–water partition coefficient (Wildman–Crippen LogP) is 0.208. The molecule has 120 valence electrons. The maximum Gasteiger partial charge on any atom is 0.336 e. The SMILES string of the molecule is CCC(C(=O)OC)(C(=O)OC)C(Br)(C(=O)OC)C(=O)OC. The fraction of sp³-hybridized carbons (Fsp3) is 0.667. The largest absolute Gasteiger partial charge is 0.468 e. The van der Waals surface area contributed by atoms with Crippen molar-refractivity contribution in [2.24, 2.45) is 5.41 Å². The Morgan fingerprint density at radius 1 is 0.762 bits per heavy atom. The molecule has 0 bridgehead atoms. The summed E-state index contributed by atoms with van der Waals surface area (Å²) >= 11 is 2.85. The van der Waals surface area contributed by atoms with Crippen LogP contribution in [0.3, 0.4) is 0 Å². The average Bonchev–Trinajstić information content (AvgIpc) is 2.52. The van der Waals surface area contributed by atoms with Gasteiger partial charge in [0.2, 0.25) is 9.74 Å². The van der Waals surface area contributed by atoms with E-state index in [0.717, 1.165) is 28.4 Å². The van der Waals surface area contributed by atoms with E-state index in [4.69, 9.17) is 0 Å². The number of alkyl halides is 1. The summed E-state index contributed by atoms with van der Waals surface area (Å²) in [4.78, 5) is 48.6. The zero-order chi connectivity index (χ0) is 16.8. The summed E-state index contributed by atoms with van der Waals surface area (Å²) in [5.74, 6) is -4.65. The summed E-state index contributed by atoms with van der Waals surface area (Å²) in [7, 11) is 4.02. The maximum absolute atomic E-state index is 12.2. The number of hydrogen-bond donors (Lipinski definition) is 0. The molecule has 0 rings (SSSR count). The van der Waals surface area contributed by atoms with Crippen LogP contribution in [0.15, 0.2) is 0 Å². The van der Waals surface area contributed by atoms with Crippen LogP contribution in [-0.4, -0.2) is 56.6 Å². The van der Waals surface area contributed by atoms with Crippen LogP contribution in [0.2, 0.25) is 0 Å². The van der Waals surface area contributed by atoms with Crippen LogP contribution in [0.1, 0.15) is 13.3 Å². The summed E-state index contributed by atoms with van der Waals surface area (Å²) in [5, 5.41) is 0. The molecule has 0 aromatic carbocycles. The van der Waals surface area contributed by atoms with Crippen molar-refractivity contribution in [2.45, 2.75) is 17.7 Å². The fourth-order valence-corrected chi connectivity index (χ4v) is 2.89. The molecule has 8 nitrogen and oxygen atoms in total. The van der Waals surface area contributed by atoms with Gasteiger partial charge in [0.1, 0.15) is 0 Å². The van der Waals surface area contributed by atoms with Gasteiger partial charge in [-0.15, -0.1) is 0 Å². The third-order valence-corrected chi connectivity index (χ3v) is 4.44. The Morgan fingerprint density at radius 3 is 1.24 bits per heavy atom. The topological polar surface area (TPSA) is 105 Å². The van der Waals surface area contributed by atoms with Gasteiger partial charge in [-0.25, -0.2) is 9.59 Å². The van der Waals surface area contributed by atoms with Crippen LogP contribution in [0, 0.1) is 5.41 Å². The van der Waals surface area contributed by atoms with E-state index in [-0.39, 0.29) is 6.42 Å². The Balaban J connectivity index is 6.55. The van der Waals surface area contributed by atoms with E-state index in [1.807, 2.05) is 0 Å². The van der Waals surface area contributed by atoms with E-state index in [2.05, 4.69) is 34.9 Å². The Labute approximate surface area is 130 Å². The molecule has 9 heteroatoms. The van der Waals surface area contributed by atoms with Crippen LogP contribution < -0.4 is 0 Å². The number of ether oxygens (including phenoxy) is 4. The van der Waals surface area contributed by atoms with Gasteiger partial charge in [0.25, 0.3) is 0 Å². The van der Waals surface area contributed by atoms with Gasteiger partial charge in [-0.1, -0.05) is 22.9 Å². The molecule has 0 heterocycles. The lowest BCUT2D eigenvalue weighted by atomic mass is 9.72. The van der Waals surface area contributed by atoms with E-state index in [1.54, 1.807) is 0 Å². The highest BCUT2D eigenvalue weighted by molar-refractivity contribution is 9.10. The van der Waals surface area contributed by atoms with Gasteiger partial charge in [-0.05, 0) is 6.42 Å². The van der Waals surface area contributed by atoms with E-state index >= 15 is 0 Å². The quantitative estimate of drug-likeness (QED) is 0.283. The lowest BCUT2D eigenvalue weighted by molar-refractivity contribution is -0.183. The number of rotatable bonds is 6. The number of methoxy groups -OCH3 is 4. The minimum absolute atomic E-state index is 0.276. The van der Waals surface area contributed by atoms with Gasteiger partial charge in [0.05, 0.1) is 28.4 Å². The minimum Gasteiger partial charge on any atom is -0.468 e. The van der Waals surface area contributed by atoms with Crippen molar-refractivity contribution in [1.29, 1.82) is 0 Å². The first-order valence-corrected chi connectivity index (χ1v) is 6.56. The van der Waals surface area contributed by atoms with Crippen molar-refractivity contribution in [2.75, 3.05) is 28.4 Å².